The highest BCUT2D eigenvalue weighted by molar-refractivity contribution is 5.70. The summed E-state index contributed by atoms with van der Waals surface area (Å²) in [5.74, 6) is 1.15. The highest BCUT2D eigenvalue weighted by atomic mass is 16.5. The maximum absolute atomic E-state index is 12.1. The van der Waals surface area contributed by atoms with Crippen LogP contribution in [-0.2, 0) is 9.47 Å². The third kappa shape index (κ3) is 3.87. The van der Waals surface area contributed by atoms with Crippen molar-refractivity contribution in [3.8, 4) is 0 Å². The highest BCUT2D eigenvalue weighted by Crippen LogP contribution is 2.45. The summed E-state index contributed by atoms with van der Waals surface area (Å²) in [6.07, 6.45) is 6.19. The van der Waals surface area contributed by atoms with Crippen molar-refractivity contribution < 1.29 is 9.47 Å². The van der Waals surface area contributed by atoms with Gasteiger partial charge in [0.25, 0.3) is 5.56 Å². The fourth-order valence-corrected chi connectivity index (χ4v) is 4.34. The number of hydrogen-bond acceptors (Lipinski definition) is 6. The Morgan fingerprint density at radius 1 is 1.44 bits per heavy atom. The van der Waals surface area contributed by atoms with Crippen molar-refractivity contribution in [2.24, 2.45) is 17.8 Å². The van der Waals surface area contributed by atoms with Gasteiger partial charge in [-0.3, -0.25) is 14.3 Å². The molecule has 0 bridgehead atoms. The molecule has 0 aliphatic carbocycles. The molecule has 0 saturated carbocycles. The van der Waals surface area contributed by atoms with E-state index in [1.807, 2.05) is 4.57 Å². The minimum atomic E-state index is -0.330. The SMILES string of the molecule is CCCCCC(C)C1[C@@H](C)[C@@H](COC)O[C@H]1n1cnc2c(=O)[nH]c(N)nc21. The quantitative estimate of drug-likeness (QED) is 0.685. The van der Waals surface area contributed by atoms with Crippen LogP contribution in [0.2, 0.25) is 0 Å². The summed E-state index contributed by atoms with van der Waals surface area (Å²) in [4.78, 5) is 23.2. The van der Waals surface area contributed by atoms with Crippen molar-refractivity contribution in [1.82, 2.24) is 19.5 Å². The second-order valence-electron chi connectivity index (χ2n) is 7.71. The normalized spacial score (nSPS) is 26.7. The monoisotopic (exact) mass is 377 g/mol. The predicted octanol–water partition coefficient (Wildman–Crippen LogP) is 2.71. The molecule has 0 aromatic carbocycles. The van der Waals surface area contributed by atoms with Gasteiger partial charge < -0.3 is 15.2 Å². The second-order valence-corrected chi connectivity index (χ2v) is 7.71. The summed E-state index contributed by atoms with van der Waals surface area (Å²) in [6.45, 7) is 7.27. The summed E-state index contributed by atoms with van der Waals surface area (Å²) >= 11 is 0. The molecule has 1 aliphatic rings. The fraction of sp³-hybridized carbons (Fsp3) is 0.737. The Hall–Kier alpha value is -1.93. The van der Waals surface area contributed by atoms with Crippen molar-refractivity contribution in [2.75, 3.05) is 19.5 Å². The second kappa shape index (κ2) is 8.39. The smallest absolute Gasteiger partial charge is 0.280 e. The standard InChI is InChI=1S/C19H31N5O3/c1-5-6-7-8-11(2)14-12(3)13(9-26-4)27-18(14)24-10-21-15-16(24)22-19(20)23-17(15)25/h10-14,18H,5-9H2,1-4H3,(H3,20,22,23,25)/t11?,12-,13+,14?,18+/m0/s1. The van der Waals surface area contributed by atoms with Crippen molar-refractivity contribution >= 4 is 17.1 Å². The summed E-state index contributed by atoms with van der Waals surface area (Å²) in [5, 5.41) is 0. The molecule has 2 aromatic rings. The van der Waals surface area contributed by atoms with Crippen LogP contribution in [0.25, 0.3) is 11.2 Å². The van der Waals surface area contributed by atoms with Gasteiger partial charge in [-0.05, 0) is 11.8 Å². The van der Waals surface area contributed by atoms with Crippen molar-refractivity contribution in [1.29, 1.82) is 0 Å². The predicted molar refractivity (Wildman–Crippen MR) is 104 cm³/mol. The number of anilines is 1. The lowest BCUT2D eigenvalue weighted by Gasteiger charge is -2.28. The molecule has 1 aliphatic heterocycles. The van der Waals surface area contributed by atoms with E-state index < -0.39 is 0 Å². The van der Waals surface area contributed by atoms with E-state index in [1.54, 1.807) is 13.4 Å². The molecule has 8 heteroatoms. The van der Waals surface area contributed by atoms with Crippen LogP contribution < -0.4 is 11.3 Å². The van der Waals surface area contributed by atoms with Gasteiger partial charge in [-0.25, -0.2) is 4.98 Å². The number of nitrogens with one attached hydrogen (secondary N) is 1. The van der Waals surface area contributed by atoms with Gasteiger partial charge in [0.05, 0.1) is 19.0 Å². The number of fused-ring (bicyclic) bond motifs is 1. The van der Waals surface area contributed by atoms with E-state index in [2.05, 4.69) is 35.7 Å². The molecule has 3 rings (SSSR count). The zero-order chi connectivity index (χ0) is 19.6. The van der Waals surface area contributed by atoms with Crippen LogP contribution in [0.5, 0.6) is 0 Å². The molecule has 27 heavy (non-hydrogen) atoms. The maximum Gasteiger partial charge on any atom is 0.280 e. The number of unbranched alkanes of at least 4 members (excludes halogenated alkanes) is 2. The third-order valence-corrected chi connectivity index (χ3v) is 5.81. The van der Waals surface area contributed by atoms with Crippen molar-refractivity contribution in [3.05, 3.63) is 16.7 Å². The maximum atomic E-state index is 12.1. The van der Waals surface area contributed by atoms with E-state index >= 15 is 0 Å². The van der Waals surface area contributed by atoms with Crippen LogP contribution in [0.15, 0.2) is 11.1 Å². The number of H-pyrrole nitrogens is 1. The molecule has 5 atom stereocenters. The summed E-state index contributed by atoms with van der Waals surface area (Å²) < 4.78 is 13.6. The molecule has 0 amide bonds. The number of nitrogens with zero attached hydrogens (tertiary/aromatic N) is 3. The van der Waals surface area contributed by atoms with E-state index in [9.17, 15) is 4.79 Å². The zero-order valence-electron chi connectivity index (χ0n) is 16.6. The number of nitrogens with two attached hydrogens (primary N) is 1. The highest BCUT2D eigenvalue weighted by Gasteiger charge is 2.45. The Kier molecular flexibility index (Phi) is 6.16. The molecule has 0 spiro atoms. The molecule has 150 valence electrons. The van der Waals surface area contributed by atoms with E-state index in [-0.39, 0.29) is 35.3 Å². The number of nitrogen functional groups attached to an aromatic ring is 1. The Bertz CT molecular complexity index is 817. The van der Waals surface area contributed by atoms with Crippen LogP contribution in [0.4, 0.5) is 5.95 Å². The minimum absolute atomic E-state index is 0.00424. The summed E-state index contributed by atoms with van der Waals surface area (Å²) in [6, 6.07) is 0. The van der Waals surface area contributed by atoms with Crippen molar-refractivity contribution in [2.45, 2.75) is 58.8 Å². The van der Waals surface area contributed by atoms with Gasteiger partial charge in [0.15, 0.2) is 11.2 Å². The molecule has 8 nitrogen and oxygen atoms in total. The largest absolute Gasteiger partial charge is 0.382 e. The molecule has 0 radical (unpaired) electrons. The average molecular weight is 377 g/mol. The first-order chi connectivity index (χ1) is 13.0. The van der Waals surface area contributed by atoms with E-state index in [0.29, 0.717) is 24.1 Å². The number of rotatable bonds is 8. The van der Waals surface area contributed by atoms with E-state index in [0.717, 1.165) is 6.42 Å². The molecular weight excluding hydrogens is 346 g/mol. The van der Waals surface area contributed by atoms with Crippen LogP contribution in [0.3, 0.4) is 0 Å². The van der Waals surface area contributed by atoms with E-state index in [1.165, 1.54) is 19.3 Å². The van der Waals surface area contributed by atoms with Crippen LogP contribution in [0.1, 0.15) is 52.7 Å². The topological polar surface area (TPSA) is 108 Å². The van der Waals surface area contributed by atoms with Gasteiger partial charge in [-0.15, -0.1) is 0 Å². The number of hydrogen-bond donors (Lipinski definition) is 2. The number of imidazole rings is 1. The molecule has 2 unspecified atom stereocenters. The lowest BCUT2D eigenvalue weighted by atomic mass is 9.79. The number of aromatic nitrogens is 4. The van der Waals surface area contributed by atoms with Crippen molar-refractivity contribution in [3.63, 3.8) is 0 Å². The summed E-state index contributed by atoms with van der Waals surface area (Å²) in [7, 11) is 1.69. The van der Waals surface area contributed by atoms with Gasteiger partial charge in [0.2, 0.25) is 5.95 Å². The third-order valence-electron chi connectivity index (χ3n) is 5.81. The zero-order valence-corrected chi connectivity index (χ0v) is 16.6. The van der Waals surface area contributed by atoms with Gasteiger partial charge in [0, 0.05) is 13.0 Å². The van der Waals surface area contributed by atoms with Crippen LogP contribution in [0, 0.1) is 17.8 Å². The van der Waals surface area contributed by atoms with Crippen LogP contribution in [-0.4, -0.2) is 39.3 Å². The Balaban J connectivity index is 1.96. The molecule has 3 heterocycles. The number of ether oxygens (including phenoxy) is 2. The lowest BCUT2D eigenvalue weighted by Crippen LogP contribution is -2.27. The fourth-order valence-electron chi connectivity index (χ4n) is 4.34. The average Bonchev–Trinajstić information content (AvgIpc) is 3.17. The Labute approximate surface area is 159 Å². The molecule has 1 saturated heterocycles. The molecule has 2 aromatic heterocycles. The van der Waals surface area contributed by atoms with E-state index in [4.69, 9.17) is 15.2 Å². The first-order valence-corrected chi connectivity index (χ1v) is 9.84. The number of methoxy groups -OCH3 is 1. The van der Waals surface area contributed by atoms with Crippen LogP contribution >= 0.6 is 0 Å². The molecule has 3 N–H and O–H groups in total. The lowest BCUT2D eigenvalue weighted by molar-refractivity contribution is -0.0468. The first-order valence-electron chi connectivity index (χ1n) is 9.84. The van der Waals surface area contributed by atoms with Gasteiger partial charge >= 0.3 is 0 Å². The summed E-state index contributed by atoms with van der Waals surface area (Å²) in [5.41, 5.74) is 6.19. The Morgan fingerprint density at radius 2 is 2.22 bits per heavy atom. The Morgan fingerprint density at radius 3 is 2.93 bits per heavy atom. The number of aromatic amines is 1. The first kappa shape index (κ1) is 19.8. The molecular formula is C19H31N5O3. The molecule has 1 fully saturated rings. The minimum Gasteiger partial charge on any atom is -0.382 e. The van der Waals surface area contributed by atoms with Gasteiger partial charge in [-0.1, -0.05) is 46.5 Å². The van der Waals surface area contributed by atoms with Gasteiger partial charge in [-0.2, -0.15) is 4.98 Å². The van der Waals surface area contributed by atoms with Gasteiger partial charge in [0.1, 0.15) is 6.23 Å².